The molecule has 0 aliphatic rings. The van der Waals surface area contributed by atoms with Crippen molar-refractivity contribution in [3.05, 3.63) is 58.3 Å². The molecule has 0 N–H and O–H groups in total. The third-order valence-electron chi connectivity index (χ3n) is 2.20. The second-order valence-electron chi connectivity index (χ2n) is 3.57. The van der Waals surface area contributed by atoms with Gasteiger partial charge in [0.05, 0.1) is 5.02 Å². The molecule has 0 aliphatic carbocycles. The van der Waals surface area contributed by atoms with Gasteiger partial charge in [-0.3, -0.25) is 0 Å². The van der Waals surface area contributed by atoms with Crippen LogP contribution in [0.4, 0.5) is 4.39 Å². The average molecular weight is 321 g/mol. The van der Waals surface area contributed by atoms with Crippen molar-refractivity contribution in [2.24, 2.45) is 0 Å². The van der Waals surface area contributed by atoms with E-state index in [1.807, 2.05) is 0 Å². The van der Waals surface area contributed by atoms with E-state index < -0.39 is 15.9 Å². The largest absolute Gasteiger partial charge is 0.377 e. The fourth-order valence-corrected chi connectivity index (χ4v) is 2.61. The maximum atomic E-state index is 12.7. The highest BCUT2D eigenvalue weighted by Gasteiger charge is 2.18. The first-order chi connectivity index (χ1) is 8.88. The SMILES string of the molecule is O=S(=O)(Oc1cc(Cl)ccc1Cl)c1ccc(F)cc1. The lowest BCUT2D eigenvalue weighted by atomic mass is 10.3. The molecule has 0 heterocycles. The van der Waals surface area contributed by atoms with Gasteiger partial charge in [-0.2, -0.15) is 8.42 Å². The number of hydrogen-bond donors (Lipinski definition) is 0. The number of benzene rings is 2. The standard InChI is InChI=1S/C12H7Cl2FO3S/c13-8-1-6-11(14)12(7-8)18-19(16,17)10-4-2-9(15)3-5-10/h1-7H. The summed E-state index contributed by atoms with van der Waals surface area (Å²) in [4.78, 5) is -0.176. The molecule has 19 heavy (non-hydrogen) atoms. The second kappa shape index (κ2) is 5.36. The zero-order valence-electron chi connectivity index (χ0n) is 9.31. The Kier molecular flexibility index (Phi) is 3.99. The normalized spacial score (nSPS) is 11.3. The van der Waals surface area contributed by atoms with Crippen LogP contribution < -0.4 is 4.18 Å². The highest BCUT2D eigenvalue weighted by molar-refractivity contribution is 7.87. The molecule has 0 bridgehead atoms. The smallest absolute Gasteiger partial charge is 0.339 e. The van der Waals surface area contributed by atoms with Gasteiger partial charge in [0.15, 0.2) is 5.75 Å². The van der Waals surface area contributed by atoms with Crippen molar-refractivity contribution in [1.82, 2.24) is 0 Å². The van der Waals surface area contributed by atoms with Crippen molar-refractivity contribution < 1.29 is 17.0 Å². The van der Waals surface area contributed by atoms with Crippen LogP contribution in [-0.2, 0) is 10.1 Å². The fourth-order valence-electron chi connectivity index (χ4n) is 1.31. The first kappa shape index (κ1) is 14.1. The van der Waals surface area contributed by atoms with Crippen molar-refractivity contribution in [1.29, 1.82) is 0 Å². The third-order valence-corrected chi connectivity index (χ3v) is 3.99. The van der Waals surface area contributed by atoms with E-state index >= 15 is 0 Å². The van der Waals surface area contributed by atoms with Crippen LogP contribution in [0.15, 0.2) is 47.4 Å². The Hall–Kier alpha value is -1.30. The van der Waals surface area contributed by atoms with E-state index in [2.05, 4.69) is 0 Å². The minimum atomic E-state index is -4.08. The molecule has 0 saturated heterocycles. The lowest BCUT2D eigenvalue weighted by molar-refractivity contribution is 0.486. The molecule has 0 saturated carbocycles. The van der Waals surface area contributed by atoms with Crippen molar-refractivity contribution in [3.8, 4) is 5.75 Å². The quantitative estimate of drug-likeness (QED) is 0.805. The minimum Gasteiger partial charge on any atom is -0.377 e. The first-order valence-electron chi connectivity index (χ1n) is 5.03. The predicted molar refractivity (Wildman–Crippen MR) is 70.7 cm³/mol. The molecule has 2 aromatic carbocycles. The van der Waals surface area contributed by atoms with E-state index in [-0.39, 0.29) is 20.7 Å². The highest BCUT2D eigenvalue weighted by atomic mass is 35.5. The molecule has 0 amide bonds. The van der Waals surface area contributed by atoms with E-state index in [9.17, 15) is 12.8 Å². The average Bonchev–Trinajstić information content (AvgIpc) is 2.34. The second-order valence-corrected chi connectivity index (χ2v) is 5.96. The molecular formula is C12H7Cl2FO3S. The van der Waals surface area contributed by atoms with Crippen molar-refractivity contribution >= 4 is 33.3 Å². The summed E-state index contributed by atoms with van der Waals surface area (Å²) in [6.07, 6.45) is 0. The van der Waals surface area contributed by atoms with E-state index in [1.54, 1.807) is 0 Å². The van der Waals surface area contributed by atoms with Gasteiger partial charge in [0.2, 0.25) is 0 Å². The van der Waals surface area contributed by atoms with Crippen molar-refractivity contribution in [2.75, 3.05) is 0 Å². The summed E-state index contributed by atoms with van der Waals surface area (Å²) in [7, 11) is -4.08. The Labute approximate surface area is 119 Å². The van der Waals surface area contributed by atoms with Gasteiger partial charge in [-0.25, -0.2) is 4.39 Å². The van der Waals surface area contributed by atoms with E-state index in [1.165, 1.54) is 18.2 Å². The zero-order chi connectivity index (χ0) is 14.0. The molecular weight excluding hydrogens is 314 g/mol. The molecule has 0 aromatic heterocycles. The number of halogens is 3. The summed E-state index contributed by atoms with van der Waals surface area (Å²) in [6, 6.07) is 8.45. The maximum absolute atomic E-state index is 12.7. The Bertz CT molecular complexity index is 699. The third kappa shape index (κ3) is 3.37. The summed E-state index contributed by atoms with van der Waals surface area (Å²) >= 11 is 11.5. The van der Waals surface area contributed by atoms with E-state index in [4.69, 9.17) is 27.4 Å². The zero-order valence-corrected chi connectivity index (χ0v) is 11.6. The van der Waals surface area contributed by atoms with Crippen molar-refractivity contribution in [3.63, 3.8) is 0 Å². The summed E-state index contributed by atoms with van der Waals surface area (Å²) in [5.41, 5.74) is 0. The molecule has 0 unspecified atom stereocenters. The Morgan fingerprint density at radius 1 is 1.00 bits per heavy atom. The Morgan fingerprint density at radius 2 is 1.63 bits per heavy atom. The van der Waals surface area contributed by atoms with E-state index in [0.29, 0.717) is 0 Å². The molecule has 0 aliphatic heterocycles. The number of rotatable bonds is 3. The van der Waals surface area contributed by atoms with Crippen LogP contribution in [0.25, 0.3) is 0 Å². The van der Waals surface area contributed by atoms with Crippen LogP contribution in [0.3, 0.4) is 0 Å². The maximum Gasteiger partial charge on any atom is 0.339 e. The molecule has 0 fully saturated rings. The molecule has 2 rings (SSSR count). The topological polar surface area (TPSA) is 43.4 Å². The molecule has 3 nitrogen and oxygen atoms in total. The fraction of sp³-hybridized carbons (Fsp3) is 0. The molecule has 0 spiro atoms. The molecule has 0 radical (unpaired) electrons. The Balaban J connectivity index is 2.36. The van der Waals surface area contributed by atoms with Gasteiger partial charge in [0.1, 0.15) is 10.7 Å². The van der Waals surface area contributed by atoms with Crippen LogP contribution in [0.1, 0.15) is 0 Å². The molecule has 0 atom stereocenters. The predicted octanol–water partition coefficient (Wildman–Crippen LogP) is 3.90. The summed E-state index contributed by atoms with van der Waals surface area (Å²) in [6.45, 7) is 0. The van der Waals surface area contributed by atoms with Gasteiger partial charge in [0.25, 0.3) is 0 Å². The molecule has 100 valence electrons. The Morgan fingerprint density at radius 3 is 2.26 bits per heavy atom. The number of hydrogen-bond acceptors (Lipinski definition) is 3. The van der Waals surface area contributed by atoms with Gasteiger partial charge < -0.3 is 4.18 Å². The summed E-state index contributed by atoms with van der Waals surface area (Å²) in [5.74, 6) is -0.627. The van der Waals surface area contributed by atoms with Gasteiger partial charge in [-0.1, -0.05) is 23.2 Å². The lowest BCUT2D eigenvalue weighted by Crippen LogP contribution is -2.10. The van der Waals surface area contributed by atoms with Crippen LogP contribution in [0, 0.1) is 5.82 Å². The summed E-state index contributed by atoms with van der Waals surface area (Å²) in [5, 5.41) is 0.392. The van der Waals surface area contributed by atoms with Crippen LogP contribution >= 0.6 is 23.2 Å². The van der Waals surface area contributed by atoms with Gasteiger partial charge in [-0.05, 0) is 36.4 Å². The van der Waals surface area contributed by atoms with Gasteiger partial charge in [0, 0.05) is 11.1 Å². The van der Waals surface area contributed by atoms with Crippen molar-refractivity contribution in [2.45, 2.75) is 4.90 Å². The van der Waals surface area contributed by atoms with Crippen LogP contribution in [0.2, 0.25) is 10.0 Å². The lowest BCUT2D eigenvalue weighted by Gasteiger charge is -2.08. The van der Waals surface area contributed by atoms with Crippen LogP contribution in [0.5, 0.6) is 5.75 Å². The summed E-state index contributed by atoms with van der Waals surface area (Å²) < 4.78 is 41.5. The highest BCUT2D eigenvalue weighted by Crippen LogP contribution is 2.30. The van der Waals surface area contributed by atoms with Gasteiger partial charge >= 0.3 is 10.1 Å². The monoisotopic (exact) mass is 320 g/mol. The molecule has 7 heteroatoms. The van der Waals surface area contributed by atoms with Gasteiger partial charge in [-0.15, -0.1) is 0 Å². The molecule has 2 aromatic rings. The first-order valence-corrected chi connectivity index (χ1v) is 7.20. The van der Waals surface area contributed by atoms with Crippen LogP contribution in [-0.4, -0.2) is 8.42 Å². The van der Waals surface area contributed by atoms with E-state index in [0.717, 1.165) is 24.3 Å². The minimum absolute atomic E-state index is 0.0847.